The number of rotatable bonds is 4. The van der Waals surface area contributed by atoms with Crippen molar-refractivity contribution in [3.63, 3.8) is 0 Å². The average Bonchev–Trinajstić information content (AvgIpc) is 2.78. The van der Waals surface area contributed by atoms with Crippen molar-refractivity contribution in [2.24, 2.45) is 7.05 Å². The monoisotopic (exact) mass is 328 g/mol. The third-order valence-electron chi connectivity index (χ3n) is 3.96. The second kappa shape index (κ2) is 5.70. The minimum Gasteiger partial charge on any atom is -0.285 e. The minimum atomic E-state index is -0.563. The lowest BCUT2D eigenvalue weighted by Gasteiger charge is -2.08. The first kappa shape index (κ1) is 15.6. The fourth-order valence-electron chi connectivity index (χ4n) is 2.74. The Balaban J connectivity index is 2.29. The van der Waals surface area contributed by atoms with Gasteiger partial charge in [-0.15, -0.1) is 11.8 Å². The Hall–Kier alpha value is -2.34. The molecular weight excluding hydrogens is 312 g/mol. The summed E-state index contributed by atoms with van der Waals surface area (Å²) in [6.07, 6.45) is 0. The Bertz CT molecular complexity index is 1010. The lowest BCUT2D eigenvalue weighted by atomic mass is 10.0. The number of hydrogen-bond acceptors (Lipinski definition) is 4. The number of nitrogens with zero attached hydrogens (tertiary/aromatic N) is 2. The molecule has 0 unspecified atom stereocenters. The maximum absolute atomic E-state index is 12.9. The van der Waals surface area contributed by atoms with Crippen molar-refractivity contribution >= 4 is 11.8 Å². The summed E-state index contributed by atoms with van der Waals surface area (Å²) in [5.74, 6) is 0.677. The SMILES string of the molecule is CCSc1c(-c2c(C)n(C)n(-c3ccccc3)c2=O)c(=O)c1=O. The van der Waals surface area contributed by atoms with E-state index in [4.69, 9.17) is 0 Å². The number of benzene rings is 1. The molecule has 2 aromatic carbocycles. The maximum atomic E-state index is 12.9. The second-order valence-corrected chi connectivity index (χ2v) is 6.51. The van der Waals surface area contributed by atoms with Gasteiger partial charge in [0.15, 0.2) is 0 Å². The van der Waals surface area contributed by atoms with Crippen molar-refractivity contribution in [2.45, 2.75) is 18.7 Å². The number of aromatic nitrogens is 2. The third kappa shape index (κ3) is 2.21. The van der Waals surface area contributed by atoms with Gasteiger partial charge in [-0.3, -0.25) is 19.1 Å². The molecule has 1 heterocycles. The van der Waals surface area contributed by atoms with Crippen LogP contribution in [0.1, 0.15) is 12.6 Å². The molecule has 0 N–H and O–H groups in total. The van der Waals surface area contributed by atoms with E-state index in [1.807, 2.05) is 37.3 Å². The van der Waals surface area contributed by atoms with E-state index in [1.54, 1.807) is 18.7 Å². The fourth-order valence-corrected chi connectivity index (χ4v) is 3.59. The van der Waals surface area contributed by atoms with Gasteiger partial charge >= 0.3 is 0 Å². The van der Waals surface area contributed by atoms with Crippen LogP contribution in [0.4, 0.5) is 0 Å². The van der Waals surface area contributed by atoms with Crippen molar-refractivity contribution in [3.05, 3.63) is 66.8 Å². The summed E-state index contributed by atoms with van der Waals surface area (Å²) in [7, 11) is 1.77. The van der Waals surface area contributed by atoms with E-state index in [-0.39, 0.29) is 11.1 Å². The molecule has 1 aromatic heterocycles. The molecule has 0 spiro atoms. The summed E-state index contributed by atoms with van der Waals surface area (Å²) in [5.41, 5.74) is 0.669. The van der Waals surface area contributed by atoms with Crippen LogP contribution in [-0.4, -0.2) is 15.1 Å². The van der Waals surface area contributed by atoms with E-state index in [9.17, 15) is 14.4 Å². The molecule has 0 aliphatic rings. The normalized spacial score (nSPS) is 11.3. The predicted octanol–water partition coefficient (Wildman–Crippen LogP) is 1.86. The highest BCUT2D eigenvalue weighted by Crippen LogP contribution is 2.28. The first-order valence-electron chi connectivity index (χ1n) is 7.29. The molecule has 0 aliphatic heterocycles. The topological polar surface area (TPSA) is 61.1 Å². The zero-order valence-corrected chi connectivity index (χ0v) is 13.9. The van der Waals surface area contributed by atoms with Crippen LogP contribution in [-0.2, 0) is 7.05 Å². The van der Waals surface area contributed by atoms with Gasteiger partial charge in [-0.05, 0) is 24.8 Å². The van der Waals surface area contributed by atoms with Gasteiger partial charge in [-0.2, -0.15) is 0 Å². The Morgan fingerprint density at radius 1 is 1.00 bits per heavy atom. The Kier molecular flexibility index (Phi) is 3.85. The molecule has 3 rings (SSSR count). The van der Waals surface area contributed by atoms with Crippen molar-refractivity contribution in [1.82, 2.24) is 9.36 Å². The van der Waals surface area contributed by atoms with Crippen LogP contribution in [0.2, 0.25) is 0 Å². The average molecular weight is 328 g/mol. The standard InChI is InChI=1S/C17H16N2O3S/c1-4-23-16-13(14(20)15(16)21)12-10(2)18(3)19(17(12)22)11-8-6-5-7-9-11/h5-9H,4H2,1-3H3. The zero-order valence-electron chi connectivity index (χ0n) is 13.1. The third-order valence-corrected chi connectivity index (χ3v) is 4.93. The van der Waals surface area contributed by atoms with Crippen molar-refractivity contribution in [2.75, 3.05) is 5.75 Å². The first-order chi connectivity index (χ1) is 11.0. The summed E-state index contributed by atoms with van der Waals surface area (Å²) >= 11 is 1.31. The molecule has 0 atom stereocenters. The van der Waals surface area contributed by atoms with Gasteiger partial charge in [0.1, 0.15) is 0 Å². The summed E-state index contributed by atoms with van der Waals surface area (Å²) in [6, 6.07) is 9.22. The molecule has 0 saturated carbocycles. The molecule has 0 aliphatic carbocycles. The number of thioether (sulfide) groups is 1. The molecule has 0 saturated heterocycles. The molecule has 3 aromatic rings. The van der Waals surface area contributed by atoms with Crippen LogP contribution in [0.5, 0.6) is 0 Å². The van der Waals surface area contributed by atoms with Gasteiger partial charge in [0.25, 0.3) is 5.56 Å². The highest BCUT2D eigenvalue weighted by molar-refractivity contribution is 7.99. The first-order valence-corrected chi connectivity index (χ1v) is 8.28. The molecule has 5 nitrogen and oxygen atoms in total. The van der Waals surface area contributed by atoms with Crippen LogP contribution < -0.4 is 16.4 Å². The lowest BCUT2D eigenvalue weighted by Crippen LogP contribution is -2.36. The predicted molar refractivity (Wildman–Crippen MR) is 92.5 cm³/mol. The van der Waals surface area contributed by atoms with Gasteiger partial charge in [0.05, 0.1) is 21.7 Å². The number of hydrogen-bond donors (Lipinski definition) is 0. The van der Waals surface area contributed by atoms with Crippen molar-refractivity contribution < 1.29 is 0 Å². The molecule has 0 amide bonds. The Morgan fingerprint density at radius 3 is 2.26 bits per heavy atom. The molecular formula is C17H16N2O3S. The second-order valence-electron chi connectivity index (χ2n) is 5.23. The van der Waals surface area contributed by atoms with Gasteiger partial charge in [0.2, 0.25) is 10.9 Å². The van der Waals surface area contributed by atoms with Gasteiger partial charge in [-0.1, -0.05) is 25.1 Å². The molecule has 23 heavy (non-hydrogen) atoms. The van der Waals surface area contributed by atoms with Gasteiger partial charge in [-0.25, -0.2) is 4.68 Å². The minimum absolute atomic E-state index is 0.273. The van der Waals surface area contributed by atoms with Crippen molar-refractivity contribution in [1.29, 1.82) is 0 Å². The van der Waals surface area contributed by atoms with Crippen LogP contribution >= 0.6 is 11.8 Å². The van der Waals surface area contributed by atoms with E-state index >= 15 is 0 Å². The molecule has 6 heteroatoms. The van der Waals surface area contributed by atoms with Crippen LogP contribution in [0.15, 0.2) is 49.6 Å². The van der Waals surface area contributed by atoms with E-state index in [2.05, 4.69) is 0 Å². The highest BCUT2D eigenvalue weighted by Gasteiger charge is 2.28. The lowest BCUT2D eigenvalue weighted by molar-refractivity contribution is 0.630. The summed E-state index contributed by atoms with van der Waals surface area (Å²) in [5, 5.41) is 0. The Labute approximate surface area is 136 Å². The Morgan fingerprint density at radius 2 is 1.65 bits per heavy atom. The van der Waals surface area contributed by atoms with Gasteiger partial charge in [0, 0.05) is 12.7 Å². The quantitative estimate of drug-likeness (QED) is 0.542. The summed E-state index contributed by atoms with van der Waals surface area (Å²) in [6.45, 7) is 3.69. The van der Waals surface area contributed by atoms with E-state index in [0.29, 0.717) is 21.9 Å². The number of para-hydroxylation sites is 1. The summed E-state index contributed by atoms with van der Waals surface area (Å²) in [4.78, 5) is 37.1. The molecule has 118 valence electrons. The smallest absolute Gasteiger partial charge is 0.279 e. The largest absolute Gasteiger partial charge is 0.285 e. The molecule has 0 bridgehead atoms. The van der Waals surface area contributed by atoms with E-state index < -0.39 is 10.9 Å². The van der Waals surface area contributed by atoms with Gasteiger partial charge < -0.3 is 0 Å². The highest BCUT2D eigenvalue weighted by atomic mass is 32.2. The van der Waals surface area contributed by atoms with Crippen molar-refractivity contribution in [3.8, 4) is 16.8 Å². The van der Waals surface area contributed by atoms with E-state index in [1.165, 1.54) is 16.4 Å². The van der Waals surface area contributed by atoms with Crippen LogP contribution in [0.25, 0.3) is 16.8 Å². The van der Waals surface area contributed by atoms with Crippen LogP contribution in [0.3, 0.4) is 0 Å². The summed E-state index contributed by atoms with van der Waals surface area (Å²) < 4.78 is 3.23. The van der Waals surface area contributed by atoms with E-state index in [0.717, 1.165) is 5.69 Å². The molecule has 0 radical (unpaired) electrons. The van der Waals surface area contributed by atoms with Crippen LogP contribution in [0, 0.1) is 6.92 Å². The maximum Gasteiger partial charge on any atom is 0.279 e. The molecule has 0 fully saturated rings. The fraction of sp³-hybridized carbons (Fsp3) is 0.235. The zero-order chi connectivity index (χ0) is 16.7.